The van der Waals surface area contributed by atoms with Crippen LogP contribution in [0.15, 0.2) is 58.1 Å². The maximum Gasteiger partial charge on any atom is 0.356 e. The molecule has 0 amide bonds. The summed E-state index contributed by atoms with van der Waals surface area (Å²) < 4.78 is 15.3. The van der Waals surface area contributed by atoms with Crippen molar-refractivity contribution in [3.63, 3.8) is 0 Å². The number of aromatic nitrogens is 3. The summed E-state index contributed by atoms with van der Waals surface area (Å²) in [6.07, 6.45) is 3.52. The molecule has 0 spiro atoms. The highest BCUT2D eigenvalue weighted by Crippen LogP contribution is 2.47. The zero-order chi connectivity index (χ0) is 21.2. The smallest absolute Gasteiger partial charge is 0.356 e. The third-order valence-corrected chi connectivity index (χ3v) is 5.85. The highest BCUT2D eigenvalue weighted by molar-refractivity contribution is 5.48. The quantitative estimate of drug-likeness (QED) is 0.705. The predicted molar refractivity (Wildman–Crippen MR) is 111 cm³/mol. The maximum absolute atomic E-state index is 13.5. The van der Waals surface area contributed by atoms with Crippen molar-refractivity contribution in [2.24, 2.45) is 5.92 Å². The van der Waals surface area contributed by atoms with E-state index in [2.05, 4.69) is 0 Å². The lowest BCUT2D eigenvalue weighted by molar-refractivity contribution is 0.0197. The Hall–Kier alpha value is -3.68. The van der Waals surface area contributed by atoms with Crippen LogP contribution >= 0.6 is 0 Å². The number of benzene rings is 2. The zero-order valence-electron chi connectivity index (χ0n) is 16.8. The zero-order valence-corrected chi connectivity index (χ0v) is 16.8. The van der Waals surface area contributed by atoms with Gasteiger partial charge in [0, 0.05) is 29.8 Å². The monoisotopic (exact) mass is 407 g/mol. The average Bonchev–Trinajstić information content (AvgIpc) is 2.97. The summed E-state index contributed by atoms with van der Waals surface area (Å²) in [5, 5.41) is 9.92. The van der Waals surface area contributed by atoms with Crippen LogP contribution in [0.3, 0.4) is 0 Å². The SMILES string of the molecule is COc1cccc(-n2c(=O)n3n(c2=O)C2c4ccc(O)cc4OC(C)(C)C2C=C3)c1. The van der Waals surface area contributed by atoms with E-state index in [1.54, 1.807) is 42.6 Å². The second-order valence-corrected chi connectivity index (χ2v) is 8.03. The van der Waals surface area contributed by atoms with Gasteiger partial charge in [0.15, 0.2) is 0 Å². The number of rotatable bonds is 2. The van der Waals surface area contributed by atoms with Gasteiger partial charge in [0.25, 0.3) is 0 Å². The lowest BCUT2D eigenvalue weighted by Gasteiger charge is -2.45. The topological polar surface area (TPSA) is 87.6 Å². The number of nitrogens with zero attached hydrogens (tertiary/aromatic N) is 3. The molecule has 2 aromatic carbocycles. The summed E-state index contributed by atoms with van der Waals surface area (Å²) in [6, 6.07) is 11.2. The van der Waals surface area contributed by atoms with Gasteiger partial charge in [-0.25, -0.2) is 23.5 Å². The molecule has 0 radical (unpaired) electrons. The lowest BCUT2D eigenvalue weighted by Crippen LogP contribution is -2.50. The van der Waals surface area contributed by atoms with Crippen molar-refractivity contribution in [2.75, 3.05) is 7.11 Å². The number of hydrogen-bond acceptors (Lipinski definition) is 5. The molecule has 0 aliphatic carbocycles. The van der Waals surface area contributed by atoms with Gasteiger partial charge >= 0.3 is 11.4 Å². The van der Waals surface area contributed by atoms with Crippen LogP contribution in [-0.2, 0) is 0 Å². The van der Waals surface area contributed by atoms with E-state index in [-0.39, 0.29) is 11.7 Å². The summed E-state index contributed by atoms with van der Waals surface area (Å²) in [7, 11) is 1.53. The van der Waals surface area contributed by atoms with Crippen molar-refractivity contribution >= 4 is 6.20 Å². The Balaban J connectivity index is 1.78. The van der Waals surface area contributed by atoms with Crippen LogP contribution in [0.1, 0.15) is 25.5 Å². The summed E-state index contributed by atoms with van der Waals surface area (Å²) in [5.41, 5.74) is -0.404. The number of fused-ring (bicyclic) bond motifs is 5. The fraction of sp³-hybridized carbons (Fsp3) is 0.273. The number of aromatic hydroxyl groups is 1. The van der Waals surface area contributed by atoms with E-state index >= 15 is 0 Å². The minimum atomic E-state index is -0.652. The van der Waals surface area contributed by atoms with E-state index < -0.39 is 23.0 Å². The van der Waals surface area contributed by atoms with E-state index in [0.29, 0.717) is 17.2 Å². The van der Waals surface area contributed by atoms with E-state index in [0.717, 1.165) is 10.1 Å². The Morgan fingerprint density at radius 3 is 2.67 bits per heavy atom. The molecular formula is C22H21N3O5. The molecule has 1 N–H and O–H groups in total. The van der Waals surface area contributed by atoms with Crippen LogP contribution in [0, 0.1) is 5.92 Å². The average molecular weight is 407 g/mol. The van der Waals surface area contributed by atoms with Gasteiger partial charge in [-0.05, 0) is 38.1 Å². The Labute approximate surface area is 171 Å². The summed E-state index contributed by atoms with van der Waals surface area (Å²) >= 11 is 0. The molecule has 8 nitrogen and oxygen atoms in total. The standard InChI is InChI=1S/C22H21N3O5/c1-22(2)17-9-10-23-20(27)24(13-5-4-6-15(11-13)29-3)21(28)25(23)19(17)16-8-7-14(26)12-18(16)30-22/h4-12,17,19,26H,1-3H3. The first-order valence-electron chi connectivity index (χ1n) is 9.62. The second-order valence-electron chi connectivity index (χ2n) is 8.03. The maximum atomic E-state index is 13.5. The highest BCUT2D eigenvalue weighted by atomic mass is 16.5. The third kappa shape index (κ3) is 2.46. The molecule has 0 saturated carbocycles. The highest BCUT2D eigenvalue weighted by Gasteiger charge is 2.47. The van der Waals surface area contributed by atoms with E-state index in [9.17, 15) is 14.7 Å². The first-order valence-corrected chi connectivity index (χ1v) is 9.62. The van der Waals surface area contributed by atoms with Crippen molar-refractivity contribution in [2.45, 2.75) is 25.5 Å². The van der Waals surface area contributed by atoms with Gasteiger partial charge in [0.05, 0.1) is 18.8 Å². The van der Waals surface area contributed by atoms with Crippen LogP contribution in [0.2, 0.25) is 0 Å². The van der Waals surface area contributed by atoms with Crippen molar-refractivity contribution in [1.82, 2.24) is 13.9 Å². The van der Waals surface area contributed by atoms with Crippen molar-refractivity contribution < 1.29 is 14.6 Å². The molecule has 2 aliphatic rings. The fourth-order valence-electron chi connectivity index (χ4n) is 4.41. The number of ether oxygens (including phenoxy) is 2. The van der Waals surface area contributed by atoms with Gasteiger partial charge in [0.2, 0.25) is 0 Å². The molecule has 5 rings (SSSR count). The summed E-state index contributed by atoms with van der Waals surface area (Å²) in [4.78, 5) is 26.7. The Morgan fingerprint density at radius 2 is 1.90 bits per heavy atom. The molecule has 1 aromatic heterocycles. The number of hydrogen-bond donors (Lipinski definition) is 1. The van der Waals surface area contributed by atoms with Gasteiger partial charge < -0.3 is 14.6 Å². The van der Waals surface area contributed by atoms with Crippen LogP contribution in [0.5, 0.6) is 17.2 Å². The number of phenolic OH excluding ortho intramolecular Hbond substituents is 1. The largest absolute Gasteiger partial charge is 0.508 e. The molecule has 2 unspecified atom stereocenters. The molecule has 30 heavy (non-hydrogen) atoms. The molecule has 2 aliphatic heterocycles. The Bertz CT molecular complexity index is 1310. The predicted octanol–water partition coefficient (Wildman–Crippen LogP) is 2.38. The van der Waals surface area contributed by atoms with Crippen LogP contribution in [0.4, 0.5) is 0 Å². The van der Waals surface area contributed by atoms with E-state index in [1.165, 1.54) is 22.5 Å². The van der Waals surface area contributed by atoms with E-state index in [1.807, 2.05) is 19.9 Å². The molecule has 2 atom stereocenters. The van der Waals surface area contributed by atoms with Crippen molar-refractivity contribution in [3.8, 4) is 22.9 Å². The molecule has 8 heteroatoms. The second kappa shape index (κ2) is 6.16. The van der Waals surface area contributed by atoms with Crippen molar-refractivity contribution in [3.05, 3.63) is 75.1 Å². The third-order valence-electron chi connectivity index (χ3n) is 5.85. The molecule has 0 fully saturated rings. The minimum absolute atomic E-state index is 0.0769. The van der Waals surface area contributed by atoms with Gasteiger partial charge in [-0.3, -0.25) is 0 Å². The van der Waals surface area contributed by atoms with Crippen LogP contribution in [-0.4, -0.2) is 31.7 Å². The molecule has 3 aromatic rings. The minimum Gasteiger partial charge on any atom is -0.508 e. The van der Waals surface area contributed by atoms with Crippen LogP contribution in [0.25, 0.3) is 11.9 Å². The first-order chi connectivity index (χ1) is 14.3. The van der Waals surface area contributed by atoms with Gasteiger partial charge in [0.1, 0.15) is 22.8 Å². The van der Waals surface area contributed by atoms with Gasteiger partial charge in [-0.15, -0.1) is 0 Å². The van der Waals surface area contributed by atoms with Gasteiger partial charge in [-0.2, -0.15) is 0 Å². The first kappa shape index (κ1) is 18.4. The summed E-state index contributed by atoms with van der Waals surface area (Å²) in [5.74, 6) is 0.937. The molecule has 3 heterocycles. The van der Waals surface area contributed by atoms with Crippen LogP contribution < -0.4 is 20.9 Å². The number of methoxy groups -OCH3 is 1. The summed E-state index contributed by atoms with van der Waals surface area (Å²) in [6.45, 7) is 3.86. The molecule has 0 saturated heterocycles. The fourth-order valence-corrected chi connectivity index (χ4v) is 4.41. The Morgan fingerprint density at radius 1 is 1.10 bits per heavy atom. The van der Waals surface area contributed by atoms with Gasteiger partial charge in [-0.1, -0.05) is 12.1 Å². The molecule has 0 bridgehead atoms. The number of phenols is 1. The lowest BCUT2D eigenvalue weighted by atomic mass is 9.78. The normalized spacial score (nSPS) is 20.6. The van der Waals surface area contributed by atoms with E-state index in [4.69, 9.17) is 9.47 Å². The van der Waals surface area contributed by atoms with Crippen molar-refractivity contribution in [1.29, 1.82) is 0 Å². The molecule has 154 valence electrons. The Kier molecular flexibility index (Phi) is 3.77. The molecular weight excluding hydrogens is 386 g/mol.